The van der Waals surface area contributed by atoms with Gasteiger partial charge in [-0.3, -0.25) is 0 Å². The first-order valence-corrected chi connectivity index (χ1v) is 6.09. The van der Waals surface area contributed by atoms with Crippen molar-refractivity contribution in [2.45, 2.75) is 6.54 Å². The Kier molecular flexibility index (Phi) is 4.06. The van der Waals surface area contributed by atoms with Crippen LogP contribution < -0.4 is 15.4 Å². The number of hydrogen-bond acceptors (Lipinski definition) is 5. The number of halogens is 1. The second kappa shape index (κ2) is 5.75. The van der Waals surface area contributed by atoms with E-state index in [0.29, 0.717) is 29.0 Å². The van der Waals surface area contributed by atoms with Gasteiger partial charge in [-0.05, 0) is 17.7 Å². The second-order valence-corrected chi connectivity index (χ2v) is 4.54. The molecule has 1 heterocycles. The fourth-order valence-corrected chi connectivity index (χ4v) is 2.03. The van der Waals surface area contributed by atoms with Gasteiger partial charge in [-0.1, -0.05) is 23.7 Å². The maximum Gasteiger partial charge on any atom is 0.242 e. The molecule has 5 nitrogen and oxygen atoms in total. The lowest BCUT2D eigenvalue weighted by Gasteiger charge is -2.20. The zero-order valence-electron chi connectivity index (χ0n) is 10.8. The van der Waals surface area contributed by atoms with Gasteiger partial charge in [-0.25, -0.2) is 4.98 Å². The van der Waals surface area contributed by atoms with Crippen molar-refractivity contribution in [1.82, 2.24) is 9.97 Å². The number of rotatable bonds is 4. The van der Waals surface area contributed by atoms with Crippen LogP contribution in [0.3, 0.4) is 0 Å². The highest BCUT2D eigenvalue weighted by atomic mass is 35.5. The summed E-state index contributed by atoms with van der Waals surface area (Å²) in [6, 6.07) is 7.66. The Hall–Kier alpha value is -2.01. The first kappa shape index (κ1) is 13.4. The predicted octanol–water partition coefficient (Wildman–Crippen LogP) is 2.36. The number of nitrogens with zero attached hydrogens (tertiary/aromatic N) is 3. The Morgan fingerprint density at radius 1 is 1.37 bits per heavy atom. The highest BCUT2D eigenvalue weighted by molar-refractivity contribution is 6.30. The molecule has 19 heavy (non-hydrogen) atoms. The molecule has 0 aliphatic heterocycles. The van der Waals surface area contributed by atoms with E-state index in [4.69, 9.17) is 22.1 Å². The second-order valence-electron chi connectivity index (χ2n) is 4.11. The van der Waals surface area contributed by atoms with Gasteiger partial charge in [0.1, 0.15) is 12.0 Å². The van der Waals surface area contributed by atoms with Crippen molar-refractivity contribution in [3.8, 4) is 5.88 Å². The molecule has 0 radical (unpaired) electrons. The number of nitrogen functional groups attached to an aromatic ring is 1. The SMILES string of the molecule is COc1ncnc(N(C)Cc2cccc(Cl)c2)c1N. The van der Waals surface area contributed by atoms with Crippen LogP contribution in [0.1, 0.15) is 5.56 Å². The Bertz CT molecular complexity index is 576. The van der Waals surface area contributed by atoms with E-state index in [1.54, 1.807) is 0 Å². The van der Waals surface area contributed by atoms with Gasteiger partial charge in [0.25, 0.3) is 0 Å². The van der Waals surface area contributed by atoms with Gasteiger partial charge in [-0.15, -0.1) is 0 Å². The van der Waals surface area contributed by atoms with Gasteiger partial charge in [0.15, 0.2) is 5.82 Å². The maximum atomic E-state index is 5.96. The molecule has 2 aromatic rings. The molecule has 2 N–H and O–H groups in total. The third kappa shape index (κ3) is 3.06. The first-order chi connectivity index (χ1) is 9.11. The summed E-state index contributed by atoms with van der Waals surface area (Å²) in [5.41, 5.74) is 7.46. The van der Waals surface area contributed by atoms with E-state index in [-0.39, 0.29) is 0 Å². The molecular weight excluding hydrogens is 264 g/mol. The Labute approximate surface area is 117 Å². The van der Waals surface area contributed by atoms with Crippen molar-refractivity contribution in [1.29, 1.82) is 0 Å². The van der Waals surface area contributed by atoms with Crippen LogP contribution in [0.4, 0.5) is 11.5 Å². The summed E-state index contributed by atoms with van der Waals surface area (Å²) >= 11 is 5.96. The number of ether oxygens (including phenoxy) is 1. The fraction of sp³-hybridized carbons (Fsp3) is 0.231. The number of nitrogens with two attached hydrogens (primary N) is 1. The van der Waals surface area contributed by atoms with Crippen LogP contribution in [0.5, 0.6) is 5.88 Å². The van der Waals surface area contributed by atoms with E-state index in [2.05, 4.69) is 9.97 Å². The highest BCUT2D eigenvalue weighted by Gasteiger charge is 2.12. The molecule has 0 unspecified atom stereocenters. The molecule has 2 rings (SSSR count). The van der Waals surface area contributed by atoms with E-state index < -0.39 is 0 Å². The van der Waals surface area contributed by atoms with Crippen molar-refractivity contribution in [3.63, 3.8) is 0 Å². The van der Waals surface area contributed by atoms with E-state index in [9.17, 15) is 0 Å². The monoisotopic (exact) mass is 278 g/mol. The predicted molar refractivity (Wildman–Crippen MR) is 76.6 cm³/mol. The Balaban J connectivity index is 2.23. The molecule has 0 amide bonds. The summed E-state index contributed by atoms with van der Waals surface area (Å²) in [5.74, 6) is 1.01. The number of benzene rings is 1. The van der Waals surface area contributed by atoms with Crippen molar-refractivity contribution in [2.75, 3.05) is 24.8 Å². The van der Waals surface area contributed by atoms with E-state index in [1.165, 1.54) is 13.4 Å². The van der Waals surface area contributed by atoms with Crippen molar-refractivity contribution < 1.29 is 4.74 Å². The Morgan fingerprint density at radius 3 is 2.84 bits per heavy atom. The number of anilines is 2. The van der Waals surface area contributed by atoms with Crippen LogP contribution in [-0.2, 0) is 6.54 Å². The van der Waals surface area contributed by atoms with Gasteiger partial charge in [0, 0.05) is 18.6 Å². The molecule has 1 aromatic heterocycles. The molecule has 0 saturated carbocycles. The molecule has 0 fully saturated rings. The third-order valence-electron chi connectivity index (χ3n) is 2.69. The summed E-state index contributed by atoms with van der Waals surface area (Å²) in [6.07, 6.45) is 1.43. The van der Waals surface area contributed by atoms with Gasteiger partial charge in [-0.2, -0.15) is 4.98 Å². The number of methoxy groups -OCH3 is 1. The minimum absolute atomic E-state index is 0.378. The number of aromatic nitrogens is 2. The third-order valence-corrected chi connectivity index (χ3v) is 2.93. The van der Waals surface area contributed by atoms with E-state index in [1.807, 2.05) is 36.2 Å². The van der Waals surface area contributed by atoms with Crippen molar-refractivity contribution >= 4 is 23.1 Å². The lowest BCUT2D eigenvalue weighted by molar-refractivity contribution is 0.399. The average Bonchev–Trinajstić information content (AvgIpc) is 2.39. The van der Waals surface area contributed by atoms with Crippen LogP contribution in [0, 0.1) is 0 Å². The first-order valence-electron chi connectivity index (χ1n) is 5.72. The van der Waals surface area contributed by atoms with Gasteiger partial charge in [0.2, 0.25) is 5.88 Å². The summed E-state index contributed by atoms with van der Waals surface area (Å²) < 4.78 is 5.08. The molecule has 0 aliphatic rings. The lowest BCUT2D eigenvalue weighted by Crippen LogP contribution is -2.19. The molecule has 0 spiro atoms. The van der Waals surface area contributed by atoms with Gasteiger partial charge >= 0.3 is 0 Å². The van der Waals surface area contributed by atoms with Crippen LogP contribution in [-0.4, -0.2) is 24.1 Å². The van der Waals surface area contributed by atoms with Gasteiger partial charge in [0.05, 0.1) is 7.11 Å². The molecule has 100 valence electrons. The molecule has 0 atom stereocenters. The topological polar surface area (TPSA) is 64.3 Å². The molecular formula is C13H15ClN4O. The van der Waals surface area contributed by atoms with Gasteiger partial charge < -0.3 is 15.4 Å². The van der Waals surface area contributed by atoms with E-state index in [0.717, 1.165) is 5.56 Å². The molecule has 0 bridgehead atoms. The standard InChI is InChI=1S/C13H15ClN4O/c1-18(7-9-4-3-5-10(14)6-9)12-11(15)13(19-2)17-8-16-12/h3-6,8H,7,15H2,1-2H3. The normalized spacial score (nSPS) is 10.3. The minimum atomic E-state index is 0.378. The molecule has 6 heteroatoms. The average molecular weight is 279 g/mol. The van der Waals surface area contributed by atoms with Crippen LogP contribution in [0.25, 0.3) is 0 Å². The molecule has 1 aromatic carbocycles. The summed E-state index contributed by atoms with van der Waals surface area (Å²) in [7, 11) is 3.43. The fourth-order valence-electron chi connectivity index (χ4n) is 1.82. The summed E-state index contributed by atoms with van der Waals surface area (Å²) in [5, 5.41) is 0.708. The van der Waals surface area contributed by atoms with Crippen molar-refractivity contribution in [3.05, 3.63) is 41.2 Å². The zero-order valence-corrected chi connectivity index (χ0v) is 11.6. The smallest absolute Gasteiger partial charge is 0.242 e. The quantitative estimate of drug-likeness (QED) is 0.930. The maximum absolute atomic E-state index is 5.96. The number of hydrogen-bond donors (Lipinski definition) is 1. The van der Waals surface area contributed by atoms with Crippen molar-refractivity contribution in [2.24, 2.45) is 0 Å². The zero-order chi connectivity index (χ0) is 13.8. The minimum Gasteiger partial charge on any atom is -0.479 e. The van der Waals surface area contributed by atoms with E-state index >= 15 is 0 Å². The largest absolute Gasteiger partial charge is 0.479 e. The van der Waals surface area contributed by atoms with Crippen LogP contribution in [0.2, 0.25) is 5.02 Å². The Morgan fingerprint density at radius 2 is 2.16 bits per heavy atom. The molecule has 0 saturated heterocycles. The highest BCUT2D eigenvalue weighted by Crippen LogP contribution is 2.27. The van der Waals surface area contributed by atoms with Crippen LogP contribution in [0.15, 0.2) is 30.6 Å². The molecule has 0 aliphatic carbocycles. The summed E-state index contributed by atoms with van der Waals surface area (Å²) in [4.78, 5) is 10.1. The van der Waals surface area contributed by atoms with Crippen LogP contribution >= 0.6 is 11.6 Å². The lowest BCUT2D eigenvalue weighted by atomic mass is 10.2. The summed E-state index contributed by atoms with van der Waals surface area (Å²) in [6.45, 7) is 0.644.